The number of fused-ring (bicyclic) bond motifs is 1. The molecule has 0 saturated heterocycles. The number of carbonyl (C=O) groups is 1. The largest absolute Gasteiger partial charge is 0.486 e. The highest BCUT2D eigenvalue weighted by atomic mass is 35.5. The Morgan fingerprint density at radius 3 is 2.50 bits per heavy atom. The Morgan fingerprint density at radius 2 is 1.86 bits per heavy atom. The number of hydrogen-bond acceptors (Lipinski definition) is 4. The lowest BCUT2D eigenvalue weighted by Crippen LogP contribution is -2.49. The fourth-order valence-electron chi connectivity index (χ4n) is 3.16. The number of carbonyl (C=O) groups excluding carboxylic acids is 1. The second kappa shape index (κ2) is 6.75. The number of hydrogen-bond donors (Lipinski definition) is 2. The molecule has 22 heavy (non-hydrogen) atoms. The van der Waals surface area contributed by atoms with Crippen LogP contribution in [0.3, 0.4) is 0 Å². The molecule has 1 aromatic rings. The van der Waals surface area contributed by atoms with E-state index in [0.29, 0.717) is 13.2 Å². The number of halogens is 1. The average molecular weight is 327 g/mol. The van der Waals surface area contributed by atoms with Gasteiger partial charge in [0.2, 0.25) is 5.91 Å². The first-order valence-corrected chi connectivity index (χ1v) is 7.58. The molecule has 1 fully saturated rings. The molecular weight excluding hydrogens is 304 g/mol. The van der Waals surface area contributed by atoms with Crippen molar-refractivity contribution < 1.29 is 14.3 Å². The van der Waals surface area contributed by atoms with Crippen molar-refractivity contribution in [3.63, 3.8) is 0 Å². The van der Waals surface area contributed by atoms with Crippen LogP contribution >= 0.6 is 12.4 Å². The predicted octanol–water partition coefficient (Wildman–Crippen LogP) is 2.11. The molecule has 1 aliphatic carbocycles. The van der Waals surface area contributed by atoms with Crippen molar-refractivity contribution in [2.24, 2.45) is 5.73 Å². The molecule has 0 unspecified atom stereocenters. The van der Waals surface area contributed by atoms with E-state index in [1.807, 2.05) is 18.2 Å². The summed E-state index contributed by atoms with van der Waals surface area (Å²) < 4.78 is 11.2. The number of amides is 1. The average Bonchev–Trinajstić information content (AvgIpc) is 2.96. The Labute approximate surface area is 137 Å². The number of ether oxygens (including phenoxy) is 2. The highest BCUT2D eigenvalue weighted by Crippen LogP contribution is 2.42. The number of rotatable bonds is 3. The van der Waals surface area contributed by atoms with Gasteiger partial charge in [-0.3, -0.25) is 4.79 Å². The maximum atomic E-state index is 12.1. The number of nitrogens with one attached hydrogen (secondary N) is 1. The minimum Gasteiger partial charge on any atom is -0.486 e. The van der Waals surface area contributed by atoms with Crippen molar-refractivity contribution in [1.82, 2.24) is 5.32 Å². The maximum absolute atomic E-state index is 12.1. The topological polar surface area (TPSA) is 73.6 Å². The van der Waals surface area contributed by atoms with Crippen LogP contribution in [0, 0.1) is 0 Å². The summed E-state index contributed by atoms with van der Waals surface area (Å²) in [6.45, 7) is 2.86. The molecule has 0 aromatic heterocycles. The molecule has 1 saturated carbocycles. The van der Waals surface area contributed by atoms with E-state index < -0.39 is 6.04 Å². The number of benzene rings is 1. The van der Waals surface area contributed by atoms with Crippen molar-refractivity contribution >= 4 is 18.3 Å². The Balaban J connectivity index is 0.00000176. The first-order valence-electron chi connectivity index (χ1n) is 7.58. The lowest BCUT2D eigenvalue weighted by atomic mass is 9.87. The normalized spacial score (nSPS) is 19.9. The number of nitrogens with two attached hydrogens (primary N) is 1. The molecule has 1 heterocycles. The van der Waals surface area contributed by atoms with E-state index >= 15 is 0 Å². The van der Waals surface area contributed by atoms with Gasteiger partial charge in [0.1, 0.15) is 13.2 Å². The molecule has 6 heteroatoms. The third-order valence-electron chi connectivity index (χ3n) is 4.33. The Hall–Kier alpha value is -1.46. The van der Waals surface area contributed by atoms with Gasteiger partial charge in [0.05, 0.1) is 11.6 Å². The van der Waals surface area contributed by atoms with Gasteiger partial charge in [-0.2, -0.15) is 0 Å². The lowest BCUT2D eigenvalue weighted by Gasteiger charge is -2.33. The second-order valence-electron chi connectivity index (χ2n) is 5.93. The molecular formula is C16H23ClN2O3. The molecule has 5 nitrogen and oxygen atoms in total. The van der Waals surface area contributed by atoms with Gasteiger partial charge >= 0.3 is 0 Å². The molecule has 0 bridgehead atoms. The summed E-state index contributed by atoms with van der Waals surface area (Å²) in [5, 5.41) is 3.15. The Bertz CT molecular complexity index is 542. The molecule has 1 amide bonds. The molecule has 2 aliphatic rings. The van der Waals surface area contributed by atoms with Crippen molar-refractivity contribution in [3.8, 4) is 11.5 Å². The van der Waals surface area contributed by atoms with Crippen molar-refractivity contribution in [1.29, 1.82) is 0 Å². The van der Waals surface area contributed by atoms with Crippen LogP contribution in [0.25, 0.3) is 0 Å². The summed E-state index contributed by atoms with van der Waals surface area (Å²) in [7, 11) is 0. The molecule has 122 valence electrons. The van der Waals surface area contributed by atoms with E-state index in [1.165, 1.54) is 0 Å². The van der Waals surface area contributed by atoms with Crippen LogP contribution < -0.4 is 20.5 Å². The molecule has 0 radical (unpaired) electrons. The summed E-state index contributed by atoms with van der Waals surface area (Å²) in [5.74, 6) is 1.43. The monoisotopic (exact) mass is 326 g/mol. The van der Waals surface area contributed by atoms with Gasteiger partial charge in [-0.1, -0.05) is 18.9 Å². The minimum atomic E-state index is -0.500. The molecule has 1 aliphatic heterocycles. The Morgan fingerprint density at radius 1 is 1.23 bits per heavy atom. The zero-order chi connectivity index (χ0) is 14.9. The first-order chi connectivity index (χ1) is 10.1. The SMILES string of the molecule is C[C@H](N)C(=O)NC1(c2ccc3c(c2)OCCO3)CCCC1.Cl. The summed E-state index contributed by atoms with van der Waals surface area (Å²) in [6, 6.07) is 5.46. The fourth-order valence-corrected chi connectivity index (χ4v) is 3.16. The third-order valence-corrected chi connectivity index (χ3v) is 4.33. The first kappa shape index (κ1) is 16.9. The van der Waals surface area contributed by atoms with Crippen LogP contribution in [-0.4, -0.2) is 25.2 Å². The quantitative estimate of drug-likeness (QED) is 0.892. The van der Waals surface area contributed by atoms with Crippen LogP contribution in [0.2, 0.25) is 0 Å². The van der Waals surface area contributed by atoms with Crippen LogP contribution in [0.15, 0.2) is 18.2 Å². The fraction of sp³-hybridized carbons (Fsp3) is 0.562. The van der Waals surface area contributed by atoms with Gasteiger partial charge in [0.15, 0.2) is 11.5 Å². The molecule has 1 atom stereocenters. The minimum absolute atomic E-state index is 0. The second-order valence-corrected chi connectivity index (χ2v) is 5.93. The summed E-state index contributed by atoms with van der Waals surface area (Å²) >= 11 is 0. The standard InChI is InChI=1S/C16H22N2O3.ClH/c1-11(17)15(19)18-16(6-2-3-7-16)12-4-5-13-14(10-12)21-9-8-20-13;/h4-5,10-11H,2-3,6-9,17H2,1H3,(H,18,19);1H/t11-;/m0./s1. The van der Waals surface area contributed by atoms with Gasteiger partial charge < -0.3 is 20.5 Å². The van der Waals surface area contributed by atoms with Gasteiger partial charge in [-0.25, -0.2) is 0 Å². The highest BCUT2D eigenvalue weighted by Gasteiger charge is 2.38. The zero-order valence-electron chi connectivity index (χ0n) is 12.8. The van der Waals surface area contributed by atoms with E-state index in [0.717, 1.165) is 42.7 Å². The summed E-state index contributed by atoms with van der Waals surface area (Å²) in [4.78, 5) is 12.1. The van der Waals surface area contributed by atoms with Gasteiger partial charge in [-0.15, -0.1) is 12.4 Å². The van der Waals surface area contributed by atoms with E-state index in [-0.39, 0.29) is 23.9 Å². The Kier molecular flexibility index (Phi) is 5.19. The van der Waals surface area contributed by atoms with Crippen LogP contribution in [0.4, 0.5) is 0 Å². The molecule has 1 aromatic carbocycles. The van der Waals surface area contributed by atoms with Crippen LogP contribution in [-0.2, 0) is 10.3 Å². The summed E-state index contributed by atoms with van der Waals surface area (Å²) in [5.41, 5.74) is 6.47. The van der Waals surface area contributed by atoms with Crippen LogP contribution in [0.1, 0.15) is 38.2 Å². The van der Waals surface area contributed by atoms with E-state index in [2.05, 4.69) is 5.32 Å². The smallest absolute Gasteiger partial charge is 0.237 e. The summed E-state index contributed by atoms with van der Waals surface area (Å²) in [6.07, 6.45) is 4.08. The lowest BCUT2D eigenvalue weighted by molar-refractivity contribution is -0.124. The van der Waals surface area contributed by atoms with E-state index in [9.17, 15) is 4.79 Å². The zero-order valence-corrected chi connectivity index (χ0v) is 13.6. The van der Waals surface area contributed by atoms with Gasteiger partial charge in [-0.05, 0) is 37.5 Å². The molecule has 3 rings (SSSR count). The van der Waals surface area contributed by atoms with Crippen molar-refractivity contribution in [3.05, 3.63) is 23.8 Å². The van der Waals surface area contributed by atoms with E-state index in [1.54, 1.807) is 6.92 Å². The highest BCUT2D eigenvalue weighted by molar-refractivity contribution is 5.85. The van der Waals surface area contributed by atoms with Crippen molar-refractivity contribution in [2.45, 2.75) is 44.2 Å². The van der Waals surface area contributed by atoms with Gasteiger partial charge in [0, 0.05) is 0 Å². The predicted molar refractivity (Wildman–Crippen MR) is 86.6 cm³/mol. The maximum Gasteiger partial charge on any atom is 0.237 e. The van der Waals surface area contributed by atoms with Crippen LogP contribution in [0.5, 0.6) is 11.5 Å². The molecule has 0 spiro atoms. The van der Waals surface area contributed by atoms with Gasteiger partial charge in [0.25, 0.3) is 0 Å². The third kappa shape index (κ3) is 3.15. The molecule has 3 N–H and O–H groups in total. The van der Waals surface area contributed by atoms with Crippen molar-refractivity contribution in [2.75, 3.05) is 13.2 Å². The van der Waals surface area contributed by atoms with E-state index in [4.69, 9.17) is 15.2 Å².